The number of hydrogen-bond acceptors (Lipinski definition) is 4. The molecule has 0 spiro atoms. The van der Waals surface area contributed by atoms with Crippen LogP contribution in [0, 0.1) is 0 Å². The minimum atomic E-state index is 0.511. The number of rotatable bonds is 2. The van der Waals surface area contributed by atoms with Crippen molar-refractivity contribution in [3.63, 3.8) is 0 Å². The Kier molecular flexibility index (Phi) is 3.05. The van der Waals surface area contributed by atoms with Crippen molar-refractivity contribution in [1.82, 2.24) is 0 Å². The zero-order valence-electron chi connectivity index (χ0n) is 6.02. The summed E-state index contributed by atoms with van der Waals surface area (Å²) < 4.78 is 0. The molecule has 1 aromatic carbocycles. The highest BCUT2D eigenvalue weighted by atomic mass is 32.1. The molecule has 0 atom stereocenters. The van der Waals surface area contributed by atoms with Gasteiger partial charge in [0.2, 0.25) is 6.08 Å². The summed E-state index contributed by atoms with van der Waals surface area (Å²) in [5.74, 6) is 0. The van der Waals surface area contributed by atoms with E-state index in [1.165, 1.54) is 6.08 Å². The molecule has 0 unspecified atom stereocenters. The van der Waals surface area contributed by atoms with Crippen molar-refractivity contribution in [1.29, 1.82) is 0 Å². The van der Waals surface area contributed by atoms with E-state index in [4.69, 9.17) is 0 Å². The Morgan fingerprint density at radius 3 is 2.50 bits per heavy atom. The van der Waals surface area contributed by atoms with E-state index in [0.29, 0.717) is 11.4 Å². The second kappa shape index (κ2) is 4.31. The summed E-state index contributed by atoms with van der Waals surface area (Å²) in [7, 11) is 0. The third-order valence-electron chi connectivity index (χ3n) is 1.18. The first-order valence-corrected chi connectivity index (χ1v) is 3.53. The van der Waals surface area contributed by atoms with E-state index in [1.807, 2.05) is 0 Å². The molecule has 4 heteroatoms. The fourth-order valence-electron chi connectivity index (χ4n) is 0.738. The molecule has 0 aromatic heterocycles. The van der Waals surface area contributed by atoms with Crippen LogP contribution < -0.4 is 0 Å². The Labute approximate surface area is 74.5 Å². The van der Waals surface area contributed by atoms with Gasteiger partial charge < -0.3 is 0 Å². The van der Waals surface area contributed by atoms with Crippen LogP contribution in [0.5, 0.6) is 0 Å². The van der Waals surface area contributed by atoms with E-state index in [0.717, 1.165) is 0 Å². The van der Waals surface area contributed by atoms with Crippen molar-refractivity contribution < 1.29 is 4.79 Å². The summed E-state index contributed by atoms with van der Waals surface area (Å²) in [5, 5.41) is 2.22. The van der Waals surface area contributed by atoms with Gasteiger partial charge in [-0.05, 0) is 30.4 Å². The minimum Gasteiger partial charge on any atom is -0.211 e. The molecule has 0 amide bonds. The van der Waals surface area contributed by atoms with E-state index >= 15 is 0 Å². The van der Waals surface area contributed by atoms with Crippen molar-refractivity contribution in [3.05, 3.63) is 24.3 Å². The highest BCUT2D eigenvalue weighted by Crippen LogP contribution is 2.18. The summed E-state index contributed by atoms with van der Waals surface area (Å²) in [6.45, 7) is 0. The topological polar surface area (TPSA) is 41.8 Å². The van der Waals surface area contributed by atoms with E-state index in [9.17, 15) is 4.79 Å². The van der Waals surface area contributed by atoms with Crippen LogP contribution in [-0.2, 0) is 4.79 Å². The molecule has 58 valence electrons. The average molecular weight is 176 g/mol. The molecule has 0 bridgehead atoms. The molecular weight excluding hydrogens is 172 g/mol. The molecule has 12 heavy (non-hydrogen) atoms. The maximum atomic E-state index is 9.88. The van der Waals surface area contributed by atoms with Crippen LogP contribution in [0.15, 0.2) is 34.3 Å². The van der Waals surface area contributed by atoms with Gasteiger partial charge in [0.05, 0.1) is 16.5 Å². The Bertz CT molecular complexity index is 343. The molecule has 3 nitrogen and oxygen atoms in total. The first kappa shape index (κ1) is 8.50. The normalized spacial score (nSPS) is 8.00. The molecule has 0 aliphatic heterocycles. The minimum absolute atomic E-state index is 0.511. The van der Waals surface area contributed by atoms with Gasteiger partial charge in [-0.1, -0.05) is 6.07 Å². The SMILES string of the molecule is O=C=Nc1cccc(N=C=S)c1. The Morgan fingerprint density at radius 2 is 1.92 bits per heavy atom. The molecule has 0 saturated carbocycles. The van der Waals surface area contributed by atoms with Gasteiger partial charge in [-0.3, -0.25) is 0 Å². The monoisotopic (exact) mass is 176 g/mol. The lowest BCUT2D eigenvalue weighted by Crippen LogP contribution is -1.64. The maximum Gasteiger partial charge on any atom is 0.240 e. The number of carbonyl (C=O) groups excluding carboxylic acids is 1. The predicted octanol–water partition coefficient (Wildman–Crippen LogP) is 2.39. The Morgan fingerprint density at radius 1 is 1.25 bits per heavy atom. The zero-order valence-corrected chi connectivity index (χ0v) is 6.84. The first-order valence-electron chi connectivity index (χ1n) is 3.12. The van der Waals surface area contributed by atoms with Gasteiger partial charge in [-0.2, -0.15) is 9.98 Å². The number of isothiocyanates is 1. The van der Waals surface area contributed by atoms with Crippen LogP contribution in [0.3, 0.4) is 0 Å². The predicted molar refractivity (Wildman–Crippen MR) is 48.9 cm³/mol. The lowest BCUT2D eigenvalue weighted by atomic mass is 10.3. The van der Waals surface area contributed by atoms with Crippen molar-refractivity contribution in [3.8, 4) is 0 Å². The second-order valence-electron chi connectivity index (χ2n) is 1.93. The molecule has 0 saturated heterocycles. The molecule has 0 radical (unpaired) electrons. The molecule has 0 heterocycles. The lowest BCUT2D eigenvalue weighted by molar-refractivity contribution is 0.565. The van der Waals surface area contributed by atoms with Gasteiger partial charge in [0.15, 0.2) is 0 Å². The van der Waals surface area contributed by atoms with Crippen molar-refractivity contribution in [2.75, 3.05) is 0 Å². The molecule has 1 rings (SSSR count). The number of nitrogens with zero attached hydrogens (tertiary/aromatic N) is 2. The molecule has 0 fully saturated rings. The van der Waals surface area contributed by atoms with Crippen LogP contribution in [-0.4, -0.2) is 11.2 Å². The lowest BCUT2D eigenvalue weighted by Gasteiger charge is -1.90. The molecular formula is C8H4N2OS. The van der Waals surface area contributed by atoms with E-state index in [1.54, 1.807) is 24.3 Å². The van der Waals surface area contributed by atoms with Crippen LogP contribution in [0.4, 0.5) is 11.4 Å². The third kappa shape index (κ3) is 2.22. The van der Waals surface area contributed by atoms with Gasteiger partial charge in [0.25, 0.3) is 0 Å². The zero-order chi connectivity index (χ0) is 8.81. The highest BCUT2D eigenvalue weighted by molar-refractivity contribution is 7.78. The Balaban J connectivity index is 3.11. The van der Waals surface area contributed by atoms with Crippen molar-refractivity contribution in [2.45, 2.75) is 0 Å². The van der Waals surface area contributed by atoms with Gasteiger partial charge in [0.1, 0.15) is 0 Å². The molecule has 0 aliphatic rings. The number of thiocarbonyl (C=S) groups is 1. The van der Waals surface area contributed by atoms with E-state index < -0.39 is 0 Å². The van der Waals surface area contributed by atoms with Gasteiger partial charge in [-0.25, -0.2) is 4.79 Å². The summed E-state index contributed by atoms with van der Waals surface area (Å²) in [6, 6.07) is 6.75. The number of benzene rings is 1. The largest absolute Gasteiger partial charge is 0.240 e. The van der Waals surface area contributed by atoms with Crippen LogP contribution >= 0.6 is 12.2 Å². The van der Waals surface area contributed by atoms with Crippen LogP contribution in [0.1, 0.15) is 0 Å². The number of aliphatic imine (C=N–C) groups is 2. The van der Waals surface area contributed by atoms with Gasteiger partial charge in [-0.15, -0.1) is 0 Å². The van der Waals surface area contributed by atoms with Crippen LogP contribution in [0.25, 0.3) is 0 Å². The van der Waals surface area contributed by atoms with E-state index in [2.05, 4.69) is 27.4 Å². The van der Waals surface area contributed by atoms with Gasteiger partial charge >= 0.3 is 0 Å². The number of isocyanates is 1. The summed E-state index contributed by atoms with van der Waals surface area (Å²) in [5.41, 5.74) is 1.14. The Hall–Kier alpha value is -1.60. The third-order valence-corrected chi connectivity index (χ3v) is 1.27. The fraction of sp³-hybridized carbons (Fsp3) is 0. The fourth-order valence-corrected chi connectivity index (χ4v) is 0.843. The summed E-state index contributed by atoms with van der Waals surface area (Å²) >= 11 is 4.42. The summed E-state index contributed by atoms with van der Waals surface area (Å²) in [6.07, 6.45) is 1.44. The molecule has 0 aliphatic carbocycles. The smallest absolute Gasteiger partial charge is 0.211 e. The maximum absolute atomic E-state index is 9.88. The average Bonchev–Trinajstić information content (AvgIpc) is 2.06. The highest BCUT2D eigenvalue weighted by Gasteiger charge is 1.90. The molecule has 0 N–H and O–H groups in total. The van der Waals surface area contributed by atoms with Crippen molar-refractivity contribution >= 4 is 34.8 Å². The summed E-state index contributed by atoms with van der Waals surface area (Å²) in [4.78, 5) is 17.0. The molecule has 1 aromatic rings. The van der Waals surface area contributed by atoms with E-state index in [-0.39, 0.29) is 0 Å². The number of hydrogen-bond donors (Lipinski definition) is 0. The quantitative estimate of drug-likeness (QED) is 0.394. The van der Waals surface area contributed by atoms with Gasteiger partial charge in [0, 0.05) is 0 Å². The first-order chi connectivity index (χ1) is 5.86. The standard InChI is InChI=1S/C8H4N2OS/c11-5-9-7-2-1-3-8(4-7)10-6-12/h1-4H. The second-order valence-corrected chi connectivity index (χ2v) is 2.11. The van der Waals surface area contributed by atoms with Crippen LogP contribution in [0.2, 0.25) is 0 Å². The van der Waals surface area contributed by atoms with Crippen molar-refractivity contribution in [2.24, 2.45) is 9.98 Å².